The zero-order chi connectivity index (χ0) is 15.8. The second-order valence-corrected chi connectivity index (χ2v) is 6.59. The Hall–Kier alpha value is -2.47. The van der Waals surface area contributed by atoms with E-state index in [1.807, 2.05) is 23.6 Å². The molecule has 116 valence electrons. The molecule has 0 spiro atoms. The largest absolute Gasteiger partial charge is 0.363 e. The second-order valence-electron chi connectivity index (χ2n) is 5.69. The summed E-state index contributed by atoms with van der Waals surface area (Å²) in [6.45, 7) is 2.11. The van der Waals surface area contributed by atoms with Crippen molar-refractivity contribution < 1.29 is 4.79 Å². The van der Waals surface area contributed by atoms with Gasteiger partial charge in [0.25, 0.3) is 0 Å². The zero-order valence-electron chi connectivity index (χ0n) is 12.7. The maximum absolute atomic E-state index is 11.4. The Morgan fingerprint density at radius 2 is 2.17 bits per heavy atom. The van der Waals surface area contributed by atoms with E-state index in [4.69, 9.17) is 0 Å². The number of aryl methyl sites for hydroxylation is 1. The molecule has 1 atom stereocenters. The number of carbonyl (C=O) groups is 1. The van der Waals surface area contributed by atoms with Gasteiger partial charge in [0.2, 0.25) is 5.91 Å². The SMILES string of the molecule is CC(Nc1ncnc2sccc12)c1ccc2c(c1)CCC(=O)N2. The van der Waals surface area contributed by atoms with Crippen molar-refractivity contribution in [2.45, 2.75) is 25.8 Å². The lowest BCUT2D eigenvalue weighted by Gasteiger charge is -2.21. The first-order chi connectivity index (χ1) is 11.2. The summed E-state index contributed by atoms with van der Waals surface area (Å²) in [5.41, 5.74) is 3.31. The normalized spacial score (nSPS) is 15.1. The van der Waals surface area contributed by atoms with Crippen molar-refractivity contribution in [3.8, 4) is 0 Å². The van der Waals surface area contributed by atoms with E-state index in [0.29, 0.717) is 6.42 Å². The maximum Gasteiger partial charge on any atom is 0.224 e. The van der Waals surface area contributed by atoms with Crippen molar-refractivity contribution in [2.75, 3.05) is 10.6 Å². The minimum absolute atomic E-state index is 0.0947. The van der Waals surface area contributed by atoms with E-state index in [-0.39, 0.29) is 11.9 Å². The molecule has 1 aromatic carbocycles. The Morgan fingerprint density at radius 1 is 1.26 bits per heavy atom. The highest BCUT2D eigenvalue weighted by atomic mass is 32.1. The Labute approximate surface area is 137 Å². The molecule has 1 aliphatic heterocycles. The van der Waals surface area contributed by atoms with Crippen LogP contribution in [-0.2, 0) is 11.2 Å². The molecule has 6 heteroatoms. The molecule has 1 amide bonds. The van der Waals surface area contributed by atoms with Crippen molar-refractivity contribution in [3.63, 3.8) is 0 Å². The molecule has 0 saturated heterocycles. The topological polar surface area (TPSA) is 66.9 Å². The Balaban J connectivity index is 1.61. The summed E-state index contributed by atoms with van der Waals surface area (Å²) in [4.78, 5) is 21.1. The molecule has 3 heterocycles. The third kappa shape index (κ3) is 2.66. The molecule has 0 fully saturated rings. The van der Waals surface area contributed by atoms with Gasteiger partial charge in [0.1, 0.15) is 17.0 Å². The van der Waals surface area contributed by atoms with Crippen LogP contribution in [0.25, 0.3) is 10.2 Å². The highest BCUT2D eigenvalue weighted by molar-refractivity contribution is 7.16. The van der Waals surface area contributed by atoms with Gasteiger partial charge in [-0.1, -0.05) is 12.1 Å². The van der Waals surface area contributed by atoms with Crippen LogP contribution in [0.1, 0.15) is 30.5 Å². The van der Waals surface area contributed by atoms with Gasteiger partial charge in [0, 0.05) is 18.2 Å². The minimum Gasteiger partial charge on any atom is -0.363 e. The van der Waals surface area contributed by atoms with Crippen molar-refractivity contribution in [1.29, 1.82) is 0 Å². The molecule has 5 nitrogen and oxygen atoms in total. The van der Waals surface area contributed by atoms with Crippen molar-refractivity contribution in [2.24, 2.45) is 0 Å². The average Bonchev–Trinajstić information content (AvgIpc) is 3.04. The van der Waals surface area contributed by atoms with Crippen LogP contribution in [0.4, 0.5) is 11.5 Å². The van der Waals surface area contributed by atoms with E-state index >= 15 is 0 Å². The molecule has 0 saturated carbocycles. The summed E-state index contributed by atoms with van der Waals surface area (Å²) in [5, 5.41) is 9.46. The Morgan fingerprint density at radius 3 is 3.09 bits per heavy atom. The lowest BCUT2D eigenvalue weighted by molar-refractivity contribution is -0.116. The smallest absolute Gasteiger partial charge is 0.224 e. The highest BCUT2D eigenvalue weighted by Gasteiger charge is 2.17. The van der Waals surface area contributed by atoms with Gasteiger partial charge in [-0.2, -0.15) is 0 Å². The monoisotopic (exact) mass is 324 g/mol. The molecular weight excluding hydrogens is 308 g/mol. The molecule has 4 rings (SSSR count). The molecule has 23 heavy (non-hydrogen) atoms. The molecule has 2 aromatic heterocycles. The summed E-state index contributed by atoms with van der Waals surface area (Å²) in [6.07, 6.45) is 2.94. The fourth-order valence-corrected chi connectivity index (χ4v) is 3.60. The van der Waals surface area contributed by atoms with E-state index < -0.39 is 0 Å². The van der Waals surface area contributed by atoms with Crippen LogP contribution in [0.5, 0.6) is 0 Å². The first kappa shape index (κ1) is 14.1. The maximum atomic E-state index is 11.4. The summed E-state index contributed by atoms with van der Waals surface area (Å²) in [7, 11) is 0. The number of fused-ring (bicyclic) bond motifs is 2. The molecule has 0 aliphatic carbocycles. The third-order valence-electron chi connectivity index (χ3n) is 4.14. The van der Waals surface area contributed by atoms with Gasteiger partial charge < -0.3 is 10.6 Å². The van der Waals surface area contributed by atoms with Crippen LogP contribution in [0, 0.1) is 0 Å². The van der Waals surface area contributed by atoms with Crippen LogP contribution in [0.3, 0.4) is 0 Å². The number of aromatic nitrogens is 2. The molecule has 0 bridgehead atoms. The van der Waals surface area contributed by atoms with Crippen LogP contribution < -0.4 is 10.6 Å². The van der Waals surface area contributed by atoms with E-state index in [1.54, 1.807) is 17.7 Å². The Kier molecular flexibility index (Phi) is 3.46. The molecule has 3 aromatic rings. The number of rotatable bonds is 3. The fraction of sp³-hybridized carbons (Fsp3) is 0.235. The van der Waals surface area contributed by atoms with Crippen LogP contribution in [0.15, 0.2) is 36.0 Å². The number of amides is 1. The summed E-state index contributed by atoms with van der Waals surface area (Å²) in [6, 6.07) is 8.36. The van der Waals surface area contributed by atoms with Gasteiger partial charge >= 0.3 is 0 Å². The predicted molar refractivity (Wildman–Crippen MR) is 92.8 cm³/mol. The van der Waals surface area contributed by atoms with E-state index in [9.17, 15) is 4.79 Å². The lowest BCUT2D eigenvalue weighted by Crippen LogP contribution is -2.19. The highest BCUT2D eigenvalue weighted by Crippen LogP contribution is 2.29. The van der Waals surface area contributed by atoms with Crippen molar-refractivity contribution in [3.05, 3.63) is 47.1 Å². The van der Waals surface area contributed by atoms with Gasteiger partial charge in [-0.05, 0) is 42.0 Å². The van der Waals surface area contributed by atoms with E-state index in [0.717, 1.165) is 28.1 Å². The molecule has 1 aliphatic rings. The first-order valence-electron chi connectivity index (χ1n) is 7.58. The van der Waals surface area contributed by atoms with Crippen molar-refractivity contribution >= 4 is 39.0 Å². The van der Waals surface area contributed by atoms with Crippen LogP contribution in [-0.4, -0.2) is 15.9 Å². The van der Waals surface area contributed by atoms with Crippen molar-refractivity contribution in [1.82, 2.24) is 9.97 Å². The van der Waals surface area contributed by atoms with Gasteiger partial charge in [0.05, 0.1) is 5.39 Å². The fourth-order valence-electron chi connectivity index (χ4n) is 2.87. The zero-order valence-corrected chi connectivity index (χ0v) is 13.5. The Bertz CT molecular complexity index is 889. The number of thiophene rings is 1. The van der Waals surface area contributed by atoms with Gasteiger partial charge in [-0.3, -0.25) is 4.79 Å². The third-order valence-corrected chi connectivity index (χ3v) is 4.96. The molecule has 1 unspecified atom stereocenters. The van der Waals surface area contributed by atoms with Crippen LogP contribution >= 0.6 is 11.3 Å². The number of nitrogens with one attached hydrogen (secondary N) is 2. The molecule has 0 radical (unpaired) electrons. The molecule has 2 N–H and O–H groups in total. The number of hydrogen-bond acceptors (Lipinski definition) is 5. The number of nitrogens with zero attached hydrogens (tertiary/aromatic N) is 2. The quantitative estimate of drug-likeness (QED) is 0.770. The van der Waals surface area contributed by atoms with Crippen LogP contribution in [0.2, 0.25) is 0 Å². The summed E-state index contributed by atoms with van der Waals surface area (Å²) < 4.78 is 0. The second kappa shape index (κ2) is 5.62. The van der Waals surface area contributed by atoms with Gasteiger partial charge in [-0.25, -0.2) is 9.97 Å². The standard InChI is InChI=1S/C17H16N4OS/c1-10(20-16-13-6-7-23-17(13)19-9-18-16)11-2-4-14-12(8-11)3-5-15(22)21-14/h2,4,6-10H,3,5H2,1H3,(H,21,22)(H,18,19,20). The number of benzene rings is 1. The first-order valence-corrected chi connectivity index (χ1v) is 8.46. The predicted octanol–water partition coefficient (Wildman–Crippen LogP) is 3.75. The number of carbonyl (C=O) groups excluding carboxylic acids is 1. The average molecular weight is 324 g/mol. The van der Waals surface area contributed by atoms with E-state index in [2.05, 4.69) is 33.6 Å². The minimum atomic E-state index is 0.0947. The molecular formula is C17H16N4OS. The number of anilines is 2. The van der Waals surface area contributed by atoms with E-state index in [1.165, 1.54) is 11.1 Å². The summed E-state index contributed by atoms with van der Waals surface area (Å²) in [5.74, 6) is 0.951. The number of hydrogen-bond donors (Lipinski definition) is 2. The summed E-state index contributed by atoms with van der Waals surface area (Å²) >= 11 is 1.61. The van der Waals surface area contributed by atoms with Gasteiger partial charge in [-0.15, -0.1) is 11.3 Å². The lowest BCUT2D eigenvalue weighted by atomic mass is 9.98. The van der Waals surface area contributed by atoms with Gasteiger partial charge in [0.15, 0.2) is 0 Å².